The maximum absolute atomic E-state index is 10.1. The van der Waals surface area contributed by atoms with Gasteiger partial charge in [-0.25, -0.2) is 0 Å². The van der Waals surface area contributed by atoms with Gasteiger partial charge in [0.15, 0.2) is 0 Å². The molecule has 0 fully saturated rings. The van der Waals surface area contributed by atoms with Crippen LogP contribution in [0.25, 0.3) is 0 Å². The summed E-state index contributed by atoms with van der Waals surface area (Å²) in [4.78, 5) is 0. The molecule has 96 valence electrons. The van der Waals surface area contributed by atoms with Crippen LogP contribution in [-0.2, 0) is 6.42 Å². The van der Waals surface area contributed by atoms with Crippen LogP contribution in [0.5, 0.6) is 0 Å². The molecule has 17 heavy (non-hydrogen) atoms. The first kappa shape index (κ1) is 14.2. The van der Waals surface area contributed by atoms with E-state index in [1.165, 1.54) is 11.1 Å². The topological polar surface area (TPSA) is 20.2 Å². The van der Waals surface area contributed by atoms with Gasteiger partial charge in [-0.3, -0.25) is 0 Å². The molecule has 0 aliphatic heterocycles. The molecule has 2 unspecified atom stereocenters. The van der Waals surface area contributed by atoms with Crippen molar-refractivity contribution in [3.05, 3.63) is 35.4 Å². The van der Waals surface area contributed by atoms with Gasteiger partial charge in [-0.05, 0) is 29.4 Å². The van der Waals surface area contributed by atoms with E-state index in [4.69, 9.17) is 0 Å². The molecule has 1 nitrogen and oxygen atoms in total. The van der Waals surface area contributed by atoms with Crippen molar-refractivity contribution in [3.63, 3.8) is 0 Å². The lowest BCUT2D eigenvalue weighted by Gasteiger charge is -2.22. The number of rotatable bonds is 5. The third-order valence-electron chi connectivity index (χ3n) is 3.34. The molecule has 1 rings (SSSR count). The van der Waals surface area contributed by atoms with E-state index in [-0.39, 0.29) is 12.0 Å². The van der Waals surface area contributed by atoms with Crippen LogP contribution in [0.4, 0.5) is 0 Å². The first-order valence-electron chi connectivity index (χ1n) is 6.68. The van der Waals surface area contributed by atoms with Gasteiger partial charge in [0.2, 0.25) is 0 Å². The molecule has 0 saturated carbocycles. The van der Waals surface area contributed by atoms with E-state index in [1.807, 2.05) is 0 Å². The van der Waals surface area contributed by atoms with Crippen LogP contribution in [0.1, 0.15) is 51.7 Å². The highest BCUT2D eigenvalue weighted by molar-refractivity contribution is 5.26. The summed E-state index contributed by atoms with van der Waals surface area (Å²) in [5, 5.41) is 10.1. The minimum atomic E-state index is -0.258. The molecule has 1 aromatic rings. The Labute approximate surface area is 106 Å². The van der Waals surface area contributed by atoms with Crippen molar-refractivity contribution in [1.82, 2.24) is 0 Å². The predicted octanol–water partition coefficient (Wildman–Crippen LogP) is 4.01. The van der Waals surface area contributed by atoms with Gasteiger partial charge in [0.25, 0.3) is 0 Å². The van der Waals surface area contributed by atoms with Crippen molar-refractivity contribution < 1.29 is 5.11 Å². The highest BCUT2D eigenvalue weighted by Gasteiger charge is 2.19. The smallest absolute Gasteiger partial charge is 0.0628 e. The van der Waals surface area contributed by atoms with E-state index in [2.05, 4.69) is 58.9 Å². The van der Waals surface area contributed by atoms with Crippen molar-refractivity contribution in [2.24, 2.45) is 11.8 Å². The Kier molecular flexibility index (Phi) is 5.20. The quantitative estimate of drug-likeness (QED) is 0.816. The number of aliphatic hydroxyl groups is 1. The summed E-state index contributed by atoms with van der Waals surface area (Å²) in [5.41, 5.74) is 2.62. The molecule has 0 heterocycles. The Hall–Kier alpha value is -0.820. The van der Waals surface area contributed by atoms with Gasteiger partial charge in [-0.1, -0.05) is 58.9 Å². The Balaban J connectivity index is 2.73. The second-order valence-corrected chi connectivity index (χ2v) is 5.86. The zero-order chi connectivity index (χ0) is 13.0. The Morgan fingerprint density at radius 2 is 1.47 bits per heavy atom. The largest absolute Gasteiger partial charge is 0.392 e. The molecule has 0 spiro atoms. The fourth-order valence-corrected chi connectivity index (χ4v) is 2.20. The van der Waals surface area contributed by atoms with Crippen LogP contribution < -0.4 is 0 Å². The van der Waals surface area contributed by atoms with E-state index in [1.54, 1.807) is 0 Å². The summed E-state index contributed by atoms with van der Waals surface area (Å²) < 4.78 is 0. The van der Waals surface area contributed by atoms with Crippen LogP contribution in [-0.4, -0.2) is 11.2 Å². The molecule has 0 bridgehead atoms. The second-order valence-electron chi connectivity index (χ2n) is 5.86. The summed E-state index contributed by atoms with van der Waals surface area (Å²) >= 11 is 0. The highest BCUT2D eigenvalue weighted by Crippen LogP contribution is 2.24. The van der Waals surface area contributed by atoms with Gasteiger partial charge < -0.3 is 5.11 Å². The average Bonchev–Trinajstić information content (AvgIpc) is 2.27. The average molecular weight is 234 g/mol. The van der Waals surface area contributed by atoms with E-state index in [0.717, 1.165) is 6.42 Å². The lowest BCUT2D eigenvalue weighted by molar-refractivity contribution is 0.102. The van der Waals surface area contributed by atoms with E-state index in [9.17, 15) is 5.11 Å². The minimum Gasteiger partial charge on any atom is -0.392 e. The van der Waals surface area contributed by atoms with Gasteiger partial charge in [0.05, 0.1) is 6.10 Å². The molecule has 1 heteroatoms. The molecule has 0 aromatic heterocycles. The predicted molar refractivity (Wildman–Crippen MR) is 74.2 cm³/mol. The Morgan fingerprint density at radius 3 is 1.88 bits per heavy atom. The van der Waals surface area contributed by atoms with Crippen molar-refractivity contribution in [1.29, 1.82) is 0 Å². The van der Waals surface area contributed by atoms with Crippen LogP contribution in [0, 0.1) is 11.8 Å². The lowest BCUT2D eigenvalue weighted by Crippen LogP contribution is -2.22. The van der Waals surface area contributed by atoms with E-state index >= 15 is 0 Å². The zero-order valence-corrected chi connectivity index (χ0v) is 11.8. The van der Waals surface area contributed by atoms with Crippen LogP contribution in [0.3, 0.4) is 0 Å². The van der Waals surface area contributed by atoms with E-state index in [0.29, 0.717) is 11.8 Å². The van der Waals surface area contributed by atoms with Crippen LogP contribution in [0.2, 0.25) is 0 Å². The van der Waals surface area contributed by atoms with Crippen molar-refractivity contribution in [3.8, 4) is 0 Å². The van der Waals surface area contributed by atoms with Gasteiger partial charge in [-0.15, -0.1) is 0 Å². The summed E-state index contributed by atoms with van der Waals surface area (Å²) in [6, 6.07) is 8.71. The Bertz CT molecular complexity index is 324. The fraction of sp³-hybridized carbons (Fsp3) is 0.625. The van der Waals surface area contributed by atoms with Gasteiger partial charge in [0, 0.05) is 5.92 Å². The fourth-order valence-electron chi connectivity index (χ4n) is 2.20. The van der Waals surface area contributed by atoms with E-state index < -0.39 is 0 Å². The minimum absolute atomic E-state index is 0.211. The van der Waals surface area contributed by atoms with Crippen molar-refractivity contribution in [2.75, 3.05) is 0 Å². The molecule has 0 amide bonds. The van der Waals surface area contributed by atoms with Gasteiger partial charge in [-0.2, -0.15) is 0 Å². The van der Waals surface area contributed by atoms with Crippen LogP contribution in [0.15, 0.2) is 24.3 Å². The first-order valence-corrected chi connectivity index (χ1v) is 6.68. The maximum atomic E-state index is 10.1. The zero-order valence-electron chi connectivity index (χ0n) is 11.8. The monoisotopic (exact) mass is 234 g/mol. The van der Waals surface area contributed by atoms with Crippen LogP contribution >= 0.6 is 0 Å². The van der Waals surface area contributed by atoms with Crippen molar-refractivity contribution >= 4 is 0 Å². The summed E-state index contributed by atoms with van der Waals surface area (Å²) in [5.74, 6) is 1.21. The third-order valence-corrected chi connectivity index (χ3v) is 3.34. The lowest BCUT2D eigenvalue weighted by atomic mass is 9.88. The number of aliphatic hydroxyl groups excluding tert-OH is 1. The summed E-state index contributed by atoms with van der Waals surface area (Å²) in [6.45, 7) is 10.7. The SMILES string of the molecule is CC(C)Cc1ccc(C(C)C(O)C(C)C)cc1. The summed E-state index contributed by atoms with van der Waals surface area (Å²) in [7, 11) is 0. The standard InChI is InChI=1S/C16H26O/c1-11(2)10-14-6-8-15(9-7-14)13(5)16(17)12(3)4/h6-9,11-13,16-17H,10H2,1-5H3. The normalized spacial score (nSPS) is 15.3. The van der Waals surface area contributed by atoms with Crippen molar-refractivity contribution in [2.45, 2.75) is 53.1 Å². The van der Waals surface area contributed by atoms with Gasteiger partial charge >= 0.3 is 0 Å². The maximum Gasteiger partial charge on any atom is 0.0628 e. The molecule has 0 aliphatic rings. The number of hydrogen-bond donors (Lipinski definition) is 1. The molecular formula is C16H26O. The third kappa shape index (κ3) is 4.16. The number of hydrogen-bond acceptors (Lipinski definition) is 1. The molecule has 0 radical (unpaired) electrons. The second kappa shape index (κ2) is 6.20. The molecule has 2 atom stereocenters. The summed E-state index contributed by atoms with van der Waals surface area (Å²) in [6.07, 6.45) is 0.868. The number of benzene rings is 1. The highest BCUT2D eigenvalue weighted by atomic mass is 16.3. The molecule has 1 aromatic carbocycles. The molecule has 1 N–H and O–H groups in total. The van der Waals surface area contributed by atoms with Gasteiger partial charge in [0.1, 0.15) is 0 Å². The molecule has 0 saturated heterocycles. The first-order chi connectivity index (χ1) is 7.91. The molecular weight excluding hydrogens is 208 g/mol. The molecule has 0 aliphatic carbocycles. The Morgan fingerprint density at radius 1 is 0.941 bits per heavy atom.